The summed E-state index contributed by atoms with van der Waals surface area (Å²) in [6.07, 6.45) is 0. The van der Waals surface area contributed by atoms with Gasteiger partial charge in [0, 0.05) is 5.02 Å². The number of primary amides is 2. The van der Waals surface area contributed by atoms with Crippen molar-refractivity contribution in [2.45, 2.75) is 0 Å². The Morgan fingerprint density at radius 3 is 2.30 bits per heavy atom. The molecular weight excluding hydrogens is 363 g/mol. The van der Waals surface area contributed by atoms with Crippen LogP contribution in [0.2, 0.25) is 10.0 Å². The summed E-state index contributed by atoms with van der Waals surface area (Å²) < 4.78 is 0. The Bertz CT molecular complexity index is 807. The summed E-state index contributed by atoms with van der Waals surface area (Å²) in [6, 6.07) is 4.91. The number of hydrogen-bond acceptors (Lipinski definition) is 4. The van der Waals surface area contributed by atoms with E-state index < -0.39 is 17.8 Å². The van der Waals surface area contributed by atoms with Gasteiger partial charge in [-0.05, 0) is 24.3 Å². The molecule has 2 rings (SSSR count). The van der Waals surface area contributed by atoms with Crippen LogP contribution in [0.15, 0.2) is 24.3 Å². The SMILES string of the molecule is NC(=O)Nc1sc(NC(=O)c2cc(Cl)ccc2Cl)cc1C(N)=O. The van der Waals surface area contributed by atoms with E-state index in [0.717, 1.165) is 11.3 Å². The van der Waals surface area contributed by atoms with E-state index in [2.05, 4.69) is 10.6 Å². The summed E-state index contributed by atoms with van der Waals surface area (Å²) in [7, 11) is 0. The largest absolute Gasteiger partial charge is 0.366 e. The average Bonchev–Trinajstić information content (AvgIpc) is 2.83. The molecule has 1 aromatic heterocycles. The Hall–Kier alpha value is -2.29. The van der Waals surface area contributed by atoms with Crippen molar-refractivity contribution in [1.82, 2.24) is 0 Å². The molecule has 0 aliphatic heterocycles. The number of anilines is 2. The summed E-state index contributed by atoms with van der Waals surface area (Å²) in [6.45, 7) is 0. The van der Waals surface area contributed by atoms with Gasteiger partial charge in [-0.2, -0.15) is 0 Å². The normalized spacial score (nSPS) is 10.2. The lowest BCUT2D eigenvalue weighted by atomic mass is 10.2. The number of nitrogens with two attached hydrogens (primary N) is 2. The molecule has 0 unspecified atom stereocenters. The lowest BCUT2D eigenvalue weighted by Crippen LogP contribution is -2.21. The van der Waals surface area contributed by atoms with Crippen LogP contribution in [0.1, 0.15) is 20.7 Å². The molecule has 0 bridgehead atoms. The quantitative estimate of drug-likeness (QED) is 0.658. The number of nitrogens with one attached hydrogen (secondary N) is 2. The number of carbonyl (C=O) groups is 3. The van der Waals surface area contributed by atoms with E-state index in [-0.39, 0.29) is 26.2 Å². The Morgan fingerprint density at radius 1 is 1.00 bits per heavy atom. The molecule has 0 radical (unpaired) electrons. The fourth-order valence-corrected chi connectivity index (χ4v) is 3.03. The fourth-order valence-electron chi connectivity index (χ4n) is 1.69. The van der Waals surface area contributed by atoms with Gasteiger partial charge in [0.25, 0.3) is 11.8 Å². The monoisotopic (exact) mass is 372 g/mol. The highest BCUT2D eigenvalue weighted by atomic mass is 35.5. The number of hydrogen-bond donors (Lipinski definition) is 4. The summed E-state index contributed by atoms with van der Waals surface area (Å²) in [5, 5.41) is 5.80. The van der Waals surface area contributed by atoms with E-state index in [0.29, 0.717) is 5.02 Å². The van der Waals surface area contributed by atoms with Crippen LogP contribution >= 0.6 is 34.5 Å². The smallest absolute Gasteiger partial charge is 0.317 e. The first-order valence-corrected chi connectivity index (χ1v) is 7.61. The standard InChI is InChI=1S/C13H10Cl2N4O3S/c14-5-1-2-8(15)6(3-5)11(21)18-9-4-7(10(16)20)12(23-9)19-13(17)22/h1-4H,(H2,16,20)(H,18,21)(H3,17,19,22). The van der Waals surface area contributed by atoms with Gasteiger partial charge >= 0.3 is 6.03 Å². The summed E-state index contributed by atoms with van der Waals surface area (Å²) >= 11 is 12.7. The Kier molecular flexibility index (Phi) is 5.09. The van der Waals surface area contributed by atoms with Crippen molar-refractivity contribution in [3.8, 4) is 0 Å². The zero-order valence-corrected chi connectivity index (χ0v) is 13.7. The summed E-state index contributed by atoms with van der Waals surface area (Å²) in [4.78, 5) is 34.5. The van der Waals surface area contributed by atoms with E-state index in [1.165, 1.54) is 18.2 Å². The van der Waals surface area contributed by atoms with Gasteiger partial charge in [-0.25, -0.2) is 4.79 Å². The number of halogens is 2. The Labute approximate surface area is 144 Å². The van der Waals surface area contributed by atoms with Crippen molar-refractivity contribution >= 4 is 62.4 Å². The number of benzene rings is 1. The molecule has 4 amide bonds. The first kappa shape index (κ1) is 17.1. The highest BCUT2D eigenvalue weighted by Gasteiger charge is 2.18. The van der Waals surface area contributed by atoms with E-state index in [1.807, 2.05) is 0 Å². The molecule has 1 aromatic carbocycles. The first-order chi connectivity index (χ1) is 10.8. The van der Waals surface area contributed by atoms with Crippen LogP contribution in [0.5, 0.6) is 0 Å². The predicted molar refractivity (Wildman–Crippen MR) is 90.5 cm³/mol. The molecule has 0 fully saturated rings. The summed E-state index contributed by atoms with van der Waals surface area (Å²) in [5.41, 5.74) is 10.4. The van der Waals surface area contributed by atoms with Crippen LogP contribution in [-0.2, 0) is 0 Å². The number of urea groups is 1. The maximum absolute atomic E-state index is 12.2. The number of thiophene rings is 1. The van der Waals surface area contributed by atoms with Crippen LogP contribution in [0.3, 0.4) is 0 Å². The van der Waals surface area contributed by atoms with Crippen LogP contribution in [-0.4, -0.2) is 17.8 Å². The molecule has 0 atom stereocenters. The molecule has 23 heavy (non-hydrogen) atoms. The van der Waals surface area contributed by atoms with Gasteiger partial charge in [0.05, 0.1) is 21.2 Å². The third kappa shape index (κ3) is 4.13. The molecule has 2 aromatic rings. The first-order valence-electron chi connectivity index (χ1n) is 6.04. The number of rotatable bonds is 4. The molecule has 0 aliphatic rings. The predicted octanol–water partition coefficient (Wildman–Crippen LogP) is 2.90. The number of amides is 4. The Morgan fingerprint density at radius 2 is 1.70 bits per heavy atom. The molecule has 0 saturated heterocycles. The van der Waals surface area contributed by atoms with Crippen LogP contribution in [0, 0.1) is 0 Å². The zero-order chi connectivity index (χ0) is 17.1. The molecule has 0 aliphatic carbocycles. The van der Waals surface area contributed by atoms with Crippen LogP contribution in [0.4, 0.5) is 14.8 Å². The minimum atomic E-state index is -0.856. The van der Waals surface area contributed by atoms with Crippen molar-refractivity contribution in [2.75, 3.05) is 10.6 Å². The molecule has 10 heteroatoms. The highest BCUT2D eigenvalue weighted by Crippen LogP contribution is 2.32. The van der Waals surface area contributed by atoms with Crippen molar-refractivity contribution in [1.29, 1.82) is 0 Å². The van der Waals surface area contributed by atoms with Gasteiger partial charge in [0.15, 0.2) is 0 Å². The molecule has 7 nitrogen and oxygen atoms in total. The molecular formula is C13H10Cl2N4O3S. The minimum absolute atomic E-state index is 0.0290. The zero-order valence-electron chi connectivity index (χ0n) is 11.4. The van der Waals surface area contributed by atoms with Crippen molar-refractivity contribution in [3.05, 3.63) is 45.4 Å². The van der Waals surface area contributed by atoms with Crippen molar-refractivity contribution in [2.24, 2.45) is 11.5 Å². The second kappa shape index (κ2) is 6.86. The van der Waals surface area contributed by atoms with Gasteiger partial charge in [0.2, 0.25) is 0 Å². The third-order valence-electron chi connectivity index (χ3n) is 2.64. The lowest BCUT2D eigenvalue weighted by molar-refractivity contribution is 0.0997. The van der Waals surface area contributed by atoms with E-state index >= 15 is 0 Å². The van der Waals surface area contributed by atoms with E-state index in [1.54, 1.807) is 6.07 Å². The lowest BCUT2D eigenvalue weighted by Gasteiger charge is -2.05. The van der Waals surface area contributed by atoms with Gasteiger partial charge < -0.3 is 16.8 Å². The van der Waals surface area contributed by atoms with Gasteiger partial charge in [-0.1, -0.05) is 34.5 Å². The third-order valence-corrected chi connectivity index (χ3v) is 4.17. The van der Waals surface area contributed by atoms with E-state index in [4.69, 9.17) is 34.7 Å². The van der Waals surface area contributed by atoms with Crippen LogP contribution < -0.4 is 22.1 Å². The molecule has 120 valence electrons. The van der Waals surface area contributed by atoms with Gasteiger partial charge in [0.1, 0.15) is 5.00 Å². The second-order valence-corrected chi connectivity index (χ2v) is 6.18. The minimum Gasteiger partial charge on any atom is -0.366 e. The van der Waals surface area contributed by atoms with Crippen molar-refractivity contribution in [3.63, 3.8) is 0 Å². The summed E-state index contributed by atoms with van der Waals surface area (Å²) in [5.74, 6) is -1.30. The van der Waals surface area contributed by atoms with Gasteiger partial charge in [-0.3, -0.25) is 14.9 Å². The molecule has 0 spiro atoms. The Balaban J connectivity index is 2.29. The van der Waals surface area contributed by atoms with Crippen LogP contribution in [0.25, 0.3) is 0 Å². The second-order valence-electron chi connectivity index (χ2n) is 4.29. The fraction of sp³-hybridized carbons (Fsp3) is 0. The van der Waals surface area contributed by atoms with E-state index in [9.17, 15) is 14.4 Å². The topological polar surface area (TPSA) is 127 Å². The number of carbonyl (C=O) groups excluding carboxylic acids is 3. The van der Waals surface area contributed by atoms with Crippen molar-refractivity contribution < 1.29 is 14.4 Å². The highest BCUT2D eigenvalue weighted by molar-refractivity contribution is 7.20. The average molecular weight is 373 g/mol. The maximum Gasteiger partial charge on any atom is 0.317 e. The molecule has 0 saturated carbocycles. The molecule has 6 N–H and O–H groups in total. The van der Waals surface area contributed by atoms with Gasteiger partial charge in [-0.15, -0.1) is 0 Å². The maximum atomic E-state index is 12.2. The molecule has 1 heterocycles.